The predicted octanol–water partition coefficient (Wildman–Crippen LogP) is 5.24. The molecule has 9 heteroatoms. The lowest BCUT2D eigenvalue weighted by atomic mass is 10.3. The first kappa shape index (κ1) is 24.5. The molecule has 0 fully saturated rings. The van der Waals surface area contributed by atoms with Crippen molar-refractivity contribution in [2.75, 3.05) is 31.6 Å². The summed E-state index contributed by atoms with van der Waals surface area (Å²) in [5.41, 5.74) is 0.966. The Morgan fingerprint density at radius 2 is 1.80 bits per heavy atom. The molecule has 8 nitrogen and oxygen atoms in total. The summed E-state index contributed by atoms with van der Waals surface area (Å²) in [5.74, 6) is 1.73. The van der Waals surface area contributed by atoms with E-state index in [2.05, 4.69) is 34.0 Å². The molecule has 2 heterocycles. The van der Waals surface area contributed by atoms with Crippen molar-refractivity contribution in [1.29, 1.82) is 0 Å². The van der Waals surface area contributed by atoms with Crippen LogP contribution < -0.4 is 20.3 Å². The number of nitrogens with one attached hydrogen (secondary N) is 1. The number of fused-ring (bicyclic) bond motifs is 1. The van der Waals surface area contributed by atoms with Crippen molar-refractivity contribution in [3.05, 3.63) is 76.2 Å². The number of nitrogens with zero attached hydrogens (tertiary/aromatic N) is 4. The number of halogens is 1. The number of rotatable bonds is 10. The standard InChI is InChI=1S/C26H28ClN5O3/c1-4-32(5-2)14-15-34-20-12-10-19(11-13-20)29-26-28-17-18-16-23(25(33)31(3)24(18)30-26)35-22-9-7-6-8-21(22)27/h6-13,16-17H,4-5,14-15H2,1-3H3,(H,28,29,30). The van der Waals surface area contributed by atoms with Crippen LogP contribution in [0.5, 0.6) is 17.2 Å². The van der Waals surface area contributed by atoms with Crippen molar-refractivity contribution in [3.8, 4) is 17.2 Å². The molecule has 35 heavy (non-hydrogen) atoms. The van der Waals surface area contributed by atoms with Crippen molar-refractivity contribution in [3.63, 3.8) is 0 Å². The largest absolute Gasteiger partial charge is 0.492 e. The van der Waals surface area contributed by atoms with Crippen LogP contribution in [0.1, 0.15) is 13.8 Å². The molecule has 182 valence electrons. The highest BCUT2D eigenvalue weighted by Gasteiger charge is 2.13. The first-order chi connectivity index (χ1) is 17.0. The SMILES string of the molecule is CCN(CC)CCOc1ccc(Nc2ncc3cc(Oc4ccccc4Cl)c(=O)n(C)c3n2)cc1. The van der Waals surface area contributed by atoms with Crippen molar-refractivity contribution in [1.82, 2.24) is 19.4 Å². The number of ether oxygens (including phenoxy) is 2. The molecule has 0 aliphatic carbocycles. The number of anilines is 2. The molecule has 0 spiro atoms. The quantitative estimate of drug-likeness (QED) is 0.323. The van der Waals surface area contributed by atoms with Gasteiger partial charge in [-0.25, -0.2) is 4.98 Å². The zero-order chi connectivity index (χ0) is 24.8. The van der Waals surface area contributed by atoms with Crippen LogP contribution in [-0.4, -0.2) is 45.7 Å². The van der Waals surface area contributed by atoms with Gasteiger partial charge in [-0.1, -0.05) is 37.6 Å². The van der Waals surface area contributed by atoms with E-state index in [4.69, 9.17) is 21.1 Å². The number of aromatic nitrogens is 3. The fraction of sp³-hybridized carbons (Fsp3) is 0.269. The van der Waals surface area contributed by atoms with E-state index in [1.807, 2.05) is 24.3 Å². The van der Waals surface area contributed by atoms with Gasteiger partial charge in [-0.2, -0.15) is 4.98 Å². The molecule has 0 aliphatic heterocycles. The molecule has 0 amide bonds. The molecule has 2 aromatic carbocycles. The Kier molecular flexibility index (Phi) is 7.84. The first-order valence-electron chi connectivity index (χ1n) is 11.5. The van der Waals surface area contributed by atoms with Gasteiger partial charge in [-0.05, 0) is 55.6 Å². The zero-order valence-corrected chi connectivity index (χ0v) is 20.7. The number of para-hydroxylation sites is 1. The molecule has 0 saturated heterocycles. The topological polar surface area (TPSA) is 81.5 Å². The van der Waals surface area contributed by atoms with E-state index in [-0.39, 0.29) is 11.3 Å². The van der Waals surface area contributed by atoms with E-state index in [0.717, 1.165) is 31.1 Å². The second-order valence-electron chi connectivity index (χ2n) is 7.90. The molecular formula is C26H28ClN5O3. The van der Waals surface area contributed by atoms with Gasteiger partial charge in [0.25, 0.3) is 5.56 Å². The number of aryl methyl sites for hydroxylation is 1. The molecule has 0 atom stereocenters. The highest BCUT2D eigenvalue weighted by molar-refractivity contribution is 6.32. The Labute approximate surface area is 209 Å². The molecular weight excluding hydrogens is 466 g/mol. The molecule has 1 N–H and O–H groups in total. The maximum Gasteiger partial charge on any atom is 0.294 e. The van der Waals surface area contributed by atoms with Gasteiger partial charge < -0.3 is 19.7 Å². The number of hydrogen-bond acceptors (Lipinski definition) is 7. The number of likely N-dealkylation sites (N-methyl/N-ethyl adjacent to an activating group) is 1. The number of benzene rings is 2. The van der Waals surface area contributed by atoms with Gasteiger partial charge in [0.1, 0.15) is 23.8 Å². The van der Waals surface area contributed by atoms with Crippen LogP contribution in [0, 0.1) is 0 Å². The van der Waals surface area contributed by atoms with Crippen LogP contribution in [-0.2, 0) is 7.05 Å². The summed E-state index contributed by atoms with van der Waals surface area (Å²) in [6.45, 7) is 7.83. The van der Waals surface area contributed by atoms with Crippen LogP contribution >= 0.6 is 11.6 Å². The van der Waals surface area contributed by atoms with Gasteiger partial charge >= 0.3 is 0 Å². The summed E-state index contributed by atoms with van der Waals surface area (Å²) < 4.78 is 13.0. The minimum absolute atomic E-state index is 0.147. The maximum atomic E-state index is 12.9. The third-order valence-electron chi connectivity index (χ3n) is 5.65. The summed E-state index contributed by atoms with van der Waals surface area (Å²) in [6.07, 6.45) is 1.65. The fourth-order valence-corrected chi connectivity index (χ4v) is 3.77. The molecule has 0 radical (unpaired) electrons. The van der Waals surface area contributed by atoms with Crippen molar-refractivity contribution >= 4 is 34.3 Å². The lowest BCUT2D eigenvalue weighted by Gasteiger charge is -2.18. The summed E-state index contributed by atoms with van der Waals surface area (Å²) in [6, 6.07) is 16.2. The minimum Gasteiger partial charge on any atom is -0.492 e. The zero-order valence-electron chi connectivity index (χ0n) is 20.0. The van der Waals surface area contributed by atoms with Crippen molar-refractivity contribution in [2.45, 2.75) is 13.8 Å². The Hall–Kier alpha value is -3.62. The molecule has 2 aromatic heterocycles. The van der Waals surface area contributed by atoms with E-state index < -0.39 is 0 Å². The van der Waals surface area contributed by atoms with Crippen molar-refractivity contribution < 1.29 is 9.47 Å². The molecule has 4 rings (SSSR count). The predicted molar refractivity (Wildman–Crippen MR) is 139 cm³/mol. The highest BCUT2D eigenvalue weighted by Crippen LogP contribution is 2.28. The molecule has 0 aliphatic rings. The molecule has 0 unspecified atom stereocenters. The summed E-state index contributed by atoms with van der Waals surface area (Å²) in [7, 11) is 1.64. The van der Waals surface area contributed by atoms with E-state index in [9.17, 15) is 4.79 Å². The monoisotopic (exact) mass is 493 g/mol. The molecule has 4 aromatic rings. The van der Waals surface area contributed by atoms with Gasteiger partial charge in [0.05, 0.1) is 5.02 Å². The van der Waals surface area contributed by atoms with Gasteiger partial charge in [0.2, 0.25) is 5.95 Å². The summed E-state index contributed by atoms with van der Waals surface area (Å²) in [4.78, 5) is 24.1. The van der Waals surface area contributed by atoms with E-state index >= 15 is 0 Å². The number of hydrogen-bond donors (Lipinski definition) is 1. The second kappa shape index (κ2) is 11.2. The lowest BCUT2D eigenvalue weighted by molar-refractivity contribution is 0.223. The van der Waals surface area contributed by atoms with E-state index in [1.54, 1.807) is 43.6 Å². The van der Waals surface area contributed by atoms with E-state index in [1.165, 1.54) is 4.57 Å². The Morgan fingerprint density at radius 3 is 2.51 bits per heavy atom. The average Bonchev–Trinajstić information content (AvgIpc) is 2.87. The maximum absolute atomic E-state index is 12.9. The Balaban J connectivity index is 1.47. The normalized spacial score (nSPS) is 11.1. The van der Waals surface area contributed by atoms with Crippen molar-refractivity contribution in [2.24, 2.45) is 7.05 Å². The number of pyridine rings is 1. The molecule has 0 bridgehead atoms. The Bertz CT molecular complexity index is 1350. The van der Waals surface area contributed by atoms with E-state index in [0.29, 0.717) is 34.4 Å². The smallest absolute Gasteiger partial charge is 0.294 e. The summed E-state index contributed by atoms with van der Waals surface area (Å²) in [5, 5.41) is 4.26. The van der Waals surface area contributed by atoms with Crippen LogP contribution in [0.3, 0.4) is 0 Å². The highest BCUT2D eigenvalue weighted by atomic mass is 35.5. The average molecular weight is 494 g/mol. The third-order valence-corrected chi connectivity index (χ3v) is 5.97. The summed E-state index contributed by atoms with van der Waals surface area (Å²) >= 11 is 6.16. The Morgan fingerprint density at radius 1 is 1.06 bits per heavy atom. The van der Waals surface area contributed by atoms with Crippen LogP contribution in [0.25, 0.3) is 11.0 Å². The van der Waals surface area contributed by atoms with Gasteiger partial charge in [-0.15, -0.1) is 0 Å². The van der Waals surface area contributed by atoms with Gasteiger partial charge in [-0.3, -0.25) is 9.36 Å². The van der Waals surface area contributed by atoms with Gasteiger partial charge in [0, 0.05) is 30.9 Å². The fourth-order valence-electron chi connectivity index (χ4n) is 3.59. The van der Waals surface area contributed by atoms with Crippen LogP contribution in [0.2, 0.25) is 5.02 Å². The lowest BCUT2D eigenvalue weighted by Crippen LogP contribution is -2.27. The van der Waals surface area contributed by atoms with Crippen LogP contribution in [0.4, 0.5) is 11.6 Å². The first-order valence-corrected chi connectivity index (χ1v) is 11.9. The van der Waals surface area contributed by atoms with Crippen LogP contribution in [0.15, 0.2) is 65.6 Å². The second-order valence-corrected chi connectivity index (χ2v) is 8.31. The van der Waals surface area contributed by atoms with Gasteiger partial charge in [0.15, 0.2) is 5.75 Å². The third kappa shape index (κ3) is 5.90. The molecule has 0 saturated carbocycles. The minimum atomic E-state index is -0.326.